The van der Waals surface area contributed by atoms with Crippen molar-refractivity contribution in [2.24, 2.45) is 0 Å². The molecular weight excluding hydrogens is 334 g/mol. The van der Waals surface area contributed by atoms with E-state index in [2.05, 4.69) is 0 Å². The van der Waals surface area contributed by atoms with Crippen molar-refractivity contribution < 1.29 is 9.59 Å². The summed E-state index contributed by atoms with van der Waals surface area (Å²) in [4.78, 5) is 27.6. The van der Waals surface area contributed by atoms with E-state index in [0.29, 0.717) is 16.8 Å². The molecule has 1 heterocycles. The second kappa shape index (κ2) is 5.92. The molecule has 1 aliphatic rings. The number of hydrogen-bond acceptors (Lipinski definition) is 2. The van der Waals surface area contributed by atoms with Crippen LogP contribution in [0.3, 0.4) is 0 Å². The van der Waals surface area contributed by atoms with Crippen molar-refractivity contribution in [2.45, 2.75) is 0 Å². The van der Waals surface area contributed by atoms with Crippen LogP contribution < -0.4 is 4.90 Å². The Bertz CT molecular complexity index is 1170. The van der Waals surface area contributed by atoms with Crippen LogP contribution in [-0.2, 0) is 0 Å². The summed E-state index contributed by atoms with van der Waals surface area (Å²) in [5.74, 6) is -0.566. The lowest BCUT2D eigenvalue weighted by Crippen LogP contribution is -2.40. The van der Waals surface area contributed by atoms with Crippen LogP contribution in [0, 0.1) is 0 Å². The highest BCUT2D eigenvalue weighted by Gasteiger charge is 2.34. The molecule has 0 saturated heterocycles. The summed E-state index contributed by atoms with van der Waals surface area (Å²) in [5, 5.41) is 1.66. The number of benzene rings is 4. The third-order valence-electron chi connectivity index (χ3n) is 5.01. The minimum atomic E-state index is -0.283. The van der Waals surface area contributed by atoms with Gasteiger partial charge in [-0.05, 0) is 40.8 Å². The minimum absolute atomic E-state index is 0.283. The highest BCUT2D eigenvalue weighted by molar-refractivity contribution is 6.36. The van der Waals surface area contributed by atoms with Crippen LogP contribution >= 0.6 is 0 Å². The van der Waals surface area contributed by atoms with Gasteiger partial charge in [0.2, 0.25) is 0 Å². The van der Waals surface area contributed by atoms with Crippen LogP contribution in [0.25, 0.3) is 21.9 Å². The number of anilines is 1. The van der Waals surface area contributed by atoms with Gasteiger partial charge in [-0.15, -0.1) is 0 Å². The molecule has 0 atom stereocenters. The number of imide groups is 1. The maximum atomic E-state index is 13.2. The van der Waals surface area contributed by atoms with E-state index in [1.54, 1.807) is 18.2 Å². The van der Waals surface area contributed by atoms with Crippen molar-refractivity contribution >= 4 is 28.3 Å². The lowest BCUT2D eigenvalue weighted by Gasteiger charge is -2.27. The number of carbonyl (C=O) groups excluding carboxylic acids is 2. The van der Waals surface area contributed by atoms with E-state index >= 15 is 0 Å². The van der Waals surface area contributed by atoms with Crippen molar-refractivity contribution in [3.05, 3.63) is 102 Å². The molecule has 0 fully saturated rings. The van der Waals surface area contributed by atoms with Crippen LogP contribution in [0.5, 0.6) is 0 Å². The second-order valence-corrected chi connectivity index (χ2v) is 6.54. The van der Waals surface area contributed by atoms with Gasteiger partial charge in [-0.3, -0.25) is 9.59 Å². The molecule has 1 aliphatic heterocycles. The lowest BCUT2D eigenvalue weighted by atomic mass is 9.89. The van der Waals surface area contributed by atoms with Gasteiger partial charge in [0.05, 0.1) is 5.69 Å². The van der Waals surface area contributed by atoms with Crippen molar-refractivity contribution in [3.8, 4) is 11.1 Å². The molecule has 128 valence electrons. The monoisotopic (exact) mass is 349 g/mol. The van der Waals surface area contributed by atoms with Gasteiger partial charge in [0, 0.05) is 16.5 Å². The zero-order valence-corrected chi connectivity index (χ0v) is 14.4. The molecule has 0 saturated carbocycles. The largest absolute Gasteiger partial charge is 0.268 e. The van der Waals surface area contributed by atoms with Crippen LogP contribution in [0.15, 0.2) is 91.0 Å². The van der Waals surface area contributed by atoms with E-state index in [1.807, 2.05) is 72.8 Å². The van der Waals surface area contributed by atoms with Crippen LogP contribution in [-0.4, -0.2) is 11.8 Å². The normalized spacial score (nSPS) is 13.3. The van der Waals surface area contributed by atoms with Crippen molar-refractivity contribution in [1.82, 2.24) is 0 Å². The van der Waals surface area contributed by atoms with Gasteiger partial charge >= 0.3 is 0 Å². The zero-order valence-electron chi connectivity index (χ0n) is 14.4. The van der Waals surface area contributed by atoms with Gasteiger partial charge in [0.1, 0.15) is 0 Å². The molecule has 0 bridgehead atoms. The van der Waals surface area contributed by atoms with Gasteiger partial charge in [0.15, 0.2) is 0 Å². The summed E-state index contributed by atoms with van der Waals surface area (Å²) in [7, 11) is 0. The molecule has 4 aromatic carbocycles. The first-order valence-corrected chi connectivity index (χ1v) is 8.81. The first kappa shape index (κ1) is 15.5. The Kier molecular flexibility index (Phi) is 3.41. The summed E-state index contributed by atoms with van der Waals surface area (Å²) in [6.45, 7) is 0. The van der Waals surface area contributed by atoms with Crippen LogP contribution in [0.4, 0.5) is 5.69 Å². The molecule has 0 radical (unpaired) electrons. The fourth-order valence-corrected chi connectivity index (χ4v) is 3.78. The fourth-order valence-electron chi connectivity index (χ4n) is 3.78. The Morgan fingerprint density at radius 1 is 0.519 bits per heavy atom. The smallest absolute Gasteiger partial charge is 0.265 e. The highest BCUT2D eigenvalue weighted by Crippen LogP contribution is 2.37. The molecule has 3 nitrogen and oxygen atoms in total. The first-order valence-electron chi connectivity index (χ1n) is 8.81. The quantitative estimate of drug-likeness (QED) is 0.460. The lowest BCUT2D eigenvalue weighted by molar-refractivity contribution is 0.0893. The van der Waals surface area contributed by atoms with E-state index < -0.39 is 0 Å². The van der Waals surface area contributed by atoms with E-state index in [9.17, 15) is 9.59 Å². The Balaban J connectivity index is 1.78. The van der Waals surface area contributed by atoms with Gasteiger partial charge in [-0.25, -0.2) is 4.90 Å². The molecule has 3 heteroatoms. The molecule has 5 rings (SSSR count). The van der Waals surface area contributed by atoms with Crippen molar-refractivity contribution in [3.63, 3.8) is 0 Å². The summed E-state index contributed by atoms with van der Waals surface area (Å²) >= 11 is 0. The SMILES string of the molecule is O=C1c2cccc3c(-c4ccccc4)ccc(c23)C(=O)N1c1ccccc1. The third kappa shape index (κ3) is 2.29. The Morgan fingerprint density at radius 2 is 1.11 bits per heavy atom. The average molecular weight is 349 g/mol. The summed E-state index contributed by atoms with van der Waals surface area (Å²) < 4.78 is 0. The molecule has 0 unspecified atom stereocenters. The maximum absolute atomic E-state index is 13.2. The third-order valence-corrected chi connectivity index (χ3v) is 5.01. The number of hydrogen-bond donors (Lipinski definition) is 0. The number of para-hydroxylation sites is 1. The fraction of sp³-hybridized carbons (Fsp3) is 0. The standard InChI is InChI=1S/C24H15NO2/c26-23-20-13-7-12-19-18(16-8-3-1-4-9-16)14-15-21(22(19)20)24(27)25(23)17-10-5-2-6-11-17/h1-15H. The van der Waals surface area contributed by atoms with Gasteiger partial charge in [0.25, 0.3) is 11.8 Å². The van der Waals surface area contributed by atoms with E-state index in [-0.39, 0.29) is 11.8 Å². The van der Waals surface area contributed by atoms with Gasteiger partial charge in [-0.1, -0.05) is 66.7 Å². The summed E-state index contributed by atoms with van der Waals surface area (Å²) in [6, 6.07) is 28.5. The summed E-state index contributed by atoms with van der Waals surface area (Å²) in [5.41, 5.74) is 3.78. The molecule has 0 aliphatic carbocycles. The van der Waals surface area contributed by atoms with Gasteiger partial charge < -0.3 is 0 Å². The Morgan fingerprint density at radius 3 is 1.81 bits per heavy atom. The number of nitrogens with zero attached hydrogens (tertiary/aromatic N) is 1. The topological polar surface area (TPSA) is 37.4 Å². The Labute approximate surface area is 156 Å². The molecular formula is C24H15NO2. The zero-order chi connectivity index (χ0) is 18.4. The molecule has 2 amide bonds. The van der Waals surface area contributed by atoms with Crippen LogP contribution in [0.1, 0.15) is 20.7 Å². The highest BCUT2D eigenvalue weighted by atomic mass is 16.2. The molecule has 4 aromatic rings. The molecule has 27 heavy (non-hydrogen) atoms. The van der Waals surface area contributed by atoms with E-state index in [1.165, 1.54) is 4.90 Å². The predicted octanol–water partition coefficient (Wildman–Crippen LogP) is 5.31. The second-order valence-electron chi connectivity index (χ2n) is 6.54. The van der Waals surface area contributed by atoms with Gasteiger partial charge in [-0.2, -0.15) is 0 Å². The predicted molar refractivity (Wildman–Crippen MR) is 107 cm³/mol. The first-order chi connectivity index (χ1) is 13.3. The van der Waals surface area contributed by atoms with E-state index in [4.69, 9.17) is 0 Å². The van der Waals surface area contributed by atoms with E-state index in [0.717, 1.165) is 21.9 Å². The number of carbonyl (C=O) groups is 2. The maximum Gasteiger partial charge on any atom is 0.265 e. The Hall–Kier alpha value is -3.72. The van der Waals surface area contributed by atoms with Crippen molar-refractivity contribution in [2.75, 3.05) is 4.90 Å². The van der Waals surface area contributed by atoms with Crippen LogP contribution in [0.2, 0.25) is 0 Å². The van der Waals surface area contributed by atoms with Crippen molar-refractivity contribution in [1.29, 1.82) is 0 Å². The summed E-state index contributed by atoms with van der Waals surface area (Å²) in [6.07, 6.45) is 0. The molecule has 0 spiro atoms. The minimum Gasteiger partial charge on any atom is -0.268 e. The number of amides is 2. The molecule has 0 N–H and O–H groups in total. The average Bonchev–Trinajstić information content (AvgIpc) is 2.73. The number of rotatable bonds is 2. The molecule has 0 aromatic heterocycles.